The number of carbonyl (C=O) groups excluding carboxylic acids is 1. The average molecular weight is 951 g/mol. The van der Waals surface area contributed by atoms with Crippen molar-refractivity contribution in [3.63, 3.8) is 0 Å². The Morgan fingerprint density at radius 1 is 0.836 bits per heavy atom. The monoisotopic (exact) mass is 951 g/mol. The summed E-state index contributed by atoms with van der Waals surface area (Å²) in [6, 6.07) is 26.2. The van der Waals surface area contributed by atoms with Crippen molar-refractivity contribution >= 4 is 59.5 Å². The molecule has 3 aromatic heterocycles. The van der Waals surface area contributed by atoms with E-state index in [9.17, 15) is 9.90 Å². The van der Waals surface area contributed by atoms with E-state index >= 15 is 0 Å². The second kappa shape index (κ2) is 18.0. The van der Waals surface area contributed by atoms with Gasteiger partial charge in [-0.05, 0) is 84.6 Å². The number of thiophene rings is 2. The van der Waals surface area contributed by atoms with E-state index in [1.807, 2.05) is 52.9 Å². The number of aliphatic hydroxyl groups excluding tert-OH is 1. The van der Waals surface area contributed by atoms with E-state index in [4.69, 9.17) is 4.98 Å². The molecular weight excluding hydrogens is 891 g/mol. The van der Waals surface area contributed by atoms with E-state index in [-0.39, 0.29) is 47.9 Å². The molecule has 0 amide bonds. The molecule has 6 heteroatoms. The van der Waals surface area contributed by atoms with Crippen LogP contribution in [0.4, 0.5) is 0 Å². The maximum Gasteiger partial charge on any atom is 0.164 e. The summed E-state index contributed by atoms with van der Waals surface area (Å²) in [4.78, 5) is 19.8. The van der Waals surface area contributed by atoms with Crippen LogP contribution in [0.5, 0.6) is 0 Å². The molecule has 0 saturated heterocycles. The summed E-state index contributed by atoms with van der Waals surface area (Å²) < 4.78 is 1.41. The molecule has 6 rings (SSSR count). The third-order valence-electron chi connectivity index (χ3n) is 11.7. The quantitative estimate of drug-likeness (QED) is 0.0800. The van der Waals surface area contributed by atoms with Crippen LogP contribution < -0.4 is 0 Å². The molecule has 1 radical (unpaired) electrons. The Balaban J connectivity index is 0.000000320. The zero-order valence-corrected chi connectivity index (χ0v) is 39.0. The van der Waals surface area contributed by atoms with Gasteiger partial charge in [0.1, 0.15) is 10.6 Å². The Morgan fingerprint density at radius 3 is 2.11 bits per heavy atom. The van der Waals surface area contributed by atoms with Crippen LogP contribution in [-0.4, -0.2) is 15.9 Å². The number of hydrogen-bond acceptors (Lipinski definition) is 5. The number of aromatic nitrogens is 1. The molecule has 55 heavy (non-hydrogen) atoms. The Kier molecular flexibility index (Phi) is 14.6. The van der Waals surface area contributed by atoms with Crippen molar-refractivity contribution in [1.29, 1.82) is 0 Å². The van der Waals surface area contributed by atoms with Crippen LogP contribution in [0.15, 0.2) is 77.9 Å². The van der Waals surface area contributed by atoms with Gasteiger partial charge in [-0.2, -0.15) is 0 Å². The van der Waals surface area contributed by atoms with E-state index in [1.165, 1.54) is 54.1 Å². The third kappa shape index (κ3) is 9.53. The van der Waals surface area contributed by atoms with Gasteiger partial charge in [-0.3, -0.25) is 9.78 Å². The summed E-state index contributed by atoms with van der Waals surface area (Å²) in [7, 11) is 0. The minimum atomic E-state index is -0.337. The summed E-state index contributed by atoms with van der Waals surface area (Å²) in [6.45, 7) is 25.7. The molecule has 3 heterocycles. The zero-order valence-electron chi connectivity index (χ0n) is 35.0. The van der Waals surface area contributed by atoms with Gasteiger partial charge < -0.3 is 5.11 Å². The summed E-state index contributed by atoms with van der Waals surface area (Å²) in [5, 5.41) is 17.4. The van der Waals surface area contributed by atoms with Crippen molar-refractivity contribution in [3.05, 3.63) is 99.9 Å². The number of nitrogens with zero attached hydrogens (tertiary/aromatic N) is 1. The van der Waals surface area contributed by atoms with Crippen molar-refractivity contribution in [2.24, 2.45) is 16.7 Å². The molecule has 0 aliphatic heterocycles. The first kappa shape index (κ1) is 44.6. The van der Waals surface area contributed by atoms with Crippen LogP contribution in [0, 0.1) is 29.7 Å². The number of hydrogen-bond donors (Lipinski definition) is 1. The first-order valence-electron chi connectivity index (χ1n) is 19.8. The molecule has 0 unspecified atom stereocenters. The van der Waals surface area contributed by atoms with Gasteiger partial charge in [-0.25, -0.2) is 0 Å². The topological polar surface area (TPSA) is 50.2 Å². The first-order valence-corrected chi connectivity index (χ1v) is 21.5. The standard InChI is InChI=1S/C34H32NS2.C15H28O2.Ir/c1-20(2)15-23-11-12-26(27-13-14-36-32(23)27)28-19-31(35-33-29(28)16-21(3)37-33)24-17-22-9-7-8-10-25(22)30(18-24)34(4,5)6;1-7-14(5,8-2)12(16)11-13(17)15(6,9-3)10-4;/h7-14,16,18-20H,15H2,1-6H3;11,16H,7-10H2,1-6H3;/q-1;;/b;12-11-;. The molecule has 0 aliphatic rings. The van der Waals surface area contributed by atoms with E-state index < -0.39 is 0 Å². The van der Waals surface area contributed by atoms with E-state index in [1.54, 1.807) is 11.3 Å². The van der Waals surface area contributed by atoms with Gasteiger partial charge in [0.2, 0.25) is 0 Å². The van der Waals surface area contributed by atoms with E-state index in [2.05, 4.69) is 114 Å². The number of benzene rings is 3. The predicted octanol–water partition coefficient (Wildman–Crippen LogP) is 15.3. The maximum absolute atomic E-state index is 12.2. The second-order valence-electron chi connectivity index (χ2n) is 17.0. The zero-order chi connectivity index (χ0) is 39.6. The SMILES string of the molecule is CCC(C)(CC)C(=O)/C=C(\O)C(C)(CC)CC.Cc1cc2c(-c3ccc(CC(C)C)c4sccc34)cc(-c3[c-]c4ccccc4c(C(C)(C)C)c3)nc2s1.[Ir]. The van der Waals surface area contributed by atoms with Crippen molar-refractivity contribution < 1.29 is 30.0 Å². The van der Waals surface area contributed by atoms with Gasteiger partial charge in [-0.1, -0.05) is 124 Å². The maximum atomic E-state index is 12.2. The molecule has 6 aromatic rings. The molecule has 3 aromatic carbocycles. The predicted molar refractivity (Wildman–Crippen MR) is 237 cm³/mol. The molecule has 1 N–H and O–H groups in total. The molecular formula is C49H60IrNO2S2-. The Bertz CT molecular complexity index is 2290. The van der Waals surface area contributed by atoms with Crippen molar-refractivity contribution in [2.75, 3.05) is 0 Å². The number of allylic oxidation sites excluding steroid dienone is 2. The third-order valence-corrected chi connectivity index (χ3v) is 13.6. The fourth-order valence-corrected chi connectivity index (χ4v) is 8.97. The second-order valence-corrected chi connectivity index (χ2v) is 19.1. The van der Waals surface area contributed by atoms with Gasteiger partial charge in [0, 0.05) is 63.1 Å². The molecule has 0 spiro atoms. The summed E-state index contributed by atoms with van der Waals surface area (Å²) in [5.74, 6) is 0.920. The van der Waals surface area contributed by atoms with E-state index in [0.29, 0.717) is 5.92 Å². The number of rotatable bonds is 11. The van der Waals surface area contributed by atoms with Gasteiger partial charge in [-0.15, -0.1) is 51.8 Å². The van der Waals surface area contributed by atoms with Crippen LogP contribution in [0.2, 0.25) is 0 Å². The minimum absolute atomic E-state index is 0. The van der Waals surface area contributed by atoms with Crippen molar-refractivity contribution in [1.82, 2.24) is 4.98 Å². The van der Waals surface area contributed by atoms with Crippen LogP contribution >= 0.6 is 22.7 Å². The summed E-state index contributed by atoms with van der Waals surface area (Å²) in [6.07, 6.45) is 5.86. The van der Waals surface area contributed by atoms with Crippen LogP contribution in [0.1, 0.15) is 118 Å². The molecule has 0 saturated carbocycles. The minimum Gasteiger partial charge on any atom is -0.512 e. The normalized spacial score (nSPS) is 12.6. The fraction of sp³-hybridized carbons (Fsp3) is 0.429. The summed E-state index contributed by atoms with van der Waals surface area (Å²) >= 11 is 3.64. The van der Waals surface area contributed by atoms with Crippen molar-refractivity contribution in [2.45, 2.75) is 121 Å². The molecule has 295 valence electrons. The Labute approximate surface area is 352 Å². The van der Waals surface area contributed by atoms with Gasteiger partial charge in [0.15, 0.2) is 5.78 Å². The number of aryl methyl sites for hydroxylation is 1. The Hall–Kier alpha value is -3.15. The number of carbonyl (C=O) groups is 1. The number of pyridine rings is 1. The Morgan fingerprint density at radius 2 is 1.49 bits per heavy atom. The van der Waals surface area contributed by atoms with Crippen molar-refractivity contribution in [3.8, 4) is 22.4 Å². The average Bonchev–Trinajstić information content (AvgIpc) is 3.80. The van der Waals surface area contributed by atoms with Crippen LogP contribution in [0.3, 0.4) is 0 Å². The molecule has 3 nitrogen and oxygen atoms in total. The van der Waals surface area contributed by atoms with Gasteiger partial charge in [0.25, 0.3) is 0 Å². The molecule has 0 bridgehead atoms. The largest absolute Gasteiger partial charge is 0.512 e. The molecule has 0 fully saturated rings. The molecule has 0 aliphatic carbocycles. The fourth-order valence-electron chi connectivity index (χ4n) is 7.12. The smallest absolute Gasteiger partial charge is 0.164 e. The summed E-state index contributed by atoms with van der Waals surface area (Å²) in [5.41, 5.74) is 6.83. The van der Waals surface area contributed by atoms with E-state index in [0.717, 1.165) is 53.6 Å². The number of aliphatic hydroxyl groups is 1. The van der Waals surface area contributed by atoms with Crippen LogP contribution in [-0.2, 0) is 36.7 Å². The van der Waals surface area contributed by atoms with Gasteiger partial charge >= 0.3 is 0 Å². The van der Waals surface area contributed by atoms with Crippen LogP contribution in [0.25, 0.3) is 53.5 Å². The first-order chi connectivity index (χ1) is 25.5. The number of fused-ring (bicyclic) bond motifs is 3. The molecule has 0 atom stereocenters. The number of ketones is 1. The van der Waals surface area contributed by atoms with Gasteiger partial charge in [0.05, 0.1) is 0 Å².